The van der Waals surface area contributed by atoms with E-state index in [1.165, 1.54) is 0 Å². The quantitative estimate of drug-likeness (QED) is 0.590. The van der Waals surface area contributed by atoms with Crippen LogP contribution in [0.3, 0.4) is 0 Å². The number of hydrogen-bond acceptors (Lipinski definition) is 2. The molecule has 0 aliphatic heterocycles. The maximum absolute atomic E-state index is 5.46. The van der Waals surface area contributed by atoms with Crippen LogP contribution in [0, 0.1) is 0 Å². The van der Waals surface area contributed by atoms with E-state index in [1.54, 1.807) is 6.26 Å². The first-order valence-electron chi connectivity index (χ1n) is 7.16. The maximum Gasteiger partial charge on any atom is 0.139 e. The van der Waals surface area contributed by atoms with Crippen molar-refractivity contribution in [2.75, 3.05) is 0 Å². The molecule has 4 aromatic rings. The largest absolute Gasteiger partial charge is 0.465 e. The highest BCUT2D eigenvalue weighted by Gasteiger charge is 2.11. The zero-order valence-corrected chi connectivity index (χ0v) is 11.9. The molecule has 0 radical (unpaired) electrons. The average Bonchev–Trinajstić information content (AvgIpc) is 3.22. The van der Waals surface area contributed by atoms with Gasteiger partial charge < -0.3 is 9.40 Å². The zero-order valence-electron chi connectivity index (χ0n) is 11.9. The Morgan fingerprint density at radius 3 is 2.50 bits per heavy atom. The van der Waals surface area contributed by atoms with Crippen molar-refractivity contribution in [3.63, 3.8) is 0 Å². The van der Waals surface area contributed by atoms with E-state index in [0.29, 0.717) is 0 Å². The number of para-hydroxylation sites is 2. The molecule has 0 aliphatic rings. The Bertz CT molecular complexity index is 885. The molecule has 0 spiro atoms. The number of aromatic amines is 1. The molecule has 1 N–H and O–H groups in total. The minimum absolute atomic E-state index is 0.805. The van der Waals surface area contributed by atoms with Crippen molar-refractivity contribution >= 4 is 22.7 Å². The molecule has 0 bridgehead atoms. The summed E-state index contributed by atoms with van der Waals surface area (Å²) in [6.07, 6.45) is 3.68. The number of aromatic nitrogens is 2. The Morgan fingerprint density at radius 1 is 0.909 bits per heavy atom. The van der Waals surface area contributed by atoms with E-state index < -0.39 is 0 Å². The number of rotatable bonds is 3. The van der Waals surface area contributed by atoms with Crippen LogP contribution in [-0.4, -0.2) is 9.97 Å². The number of fused-ring (bicyclic) bond motifs is 1. The summed E-state index contributed by atoms with van der Waals surface area (Å²) in [5, 5.41) is 0. The highest BCUT2D eigenvalue weighted by molar-refractivity contribution is 5.91. The van der Waals surface area contributed by atoms with Crippen LogP contribution < -0.4 is 0 Å². The predicted molar refractivity (Wildman–Crippen MR) is 88.2 cm³/mol. The van der Waals surface area contributed by atoms with Gasteiger partial charge in [0.1, 0.15) is 11.6 Å². The van der Waals surface area contributed by atoms with Gasteiger partial charge in [-0.3, -0.25) is 0 Å². The van der Waals surface area contributed by atoms with E-state index in [-0.39, 0.29) is 0 Å². The summed E-state index contributed by atoms with van der Waals surface area (Å²) in [7, 11) is 0. The summed E-state index contributed by atoms with van der Waals surface area (Å²) < 4.78 is 5.46. The Balaban J connectivity index is 1.90. The van der Waals surface area contributed by atoms with Gasteiger partial charge in [-0.1, -0.05) is 42.5 Å². The van der Waals surface area contributed by atoms with Crippen molar-refractivity contribution in [2.24, 2.45) is 0 Å². The fraction of sp³-hybridized carbons (Fsp3) is 0. The maximum atomic E-state index is 5.46. The van der Waals surface area contributed by atoms with Crippen LogP contribution in [0.1, 0.15) is 17.1 Å². The SMILES string of the molecule is C(=C(\c1ccccc1)c1nc2ccccc2[nH]1)/c1ccco1. The average molecular weight is 286 g/mol. The highest BCUT2D eigenvalue weighted by atomic mass is 16.3. The van der Waals surface area contributed by atoms with Gasteiger partial charge in [-0.25, -0.2) is 4.98 Å². The Hall–Kier alpha value is -3.07. The van der Waals surface area contributed by atoms with Crippen molar-refractivity contribution in [1.29, 1.82) is 0 Å². The van der Waals surface area contributed by atoms with Crippen molar-refractivity contribution in [3.8, 4) is 0 Å². The molecule has 0 saturated heterocycles. The third kappa shape index (κ3) is 2.33. The molecule has 3 nitrogen and oxygen atoms in total. The van der Waals surface area contributed by atoms with Gasteiger partial charge in [-0.15, -0.1) is 0 Å². The Labute approximate surface area is 127 Å². The number of nitrogens with zero attached hydrogens (tertiary/aromatic N) is 1. The van der Waals surface area contributed by atoms with Gasteiger partial charge in [0, 0.05) is 5.57 Å². The van der Waals surface area contributed by atoms with Crippen molar-refractivity contribution in [1.82, 2.24) is 9.97 Å². The minimum Gasteiger partial charge on any atom is -0.465 e. The molecular formula is C19H14N2O. The second kappa shape index (κ2) is 5.37. The van der Waals surface area contributed by atoms with Gasteiger partial charge in [0.15, 0.2) is 0 Å². The third-order valence-electron chi connectivity index (χ3n) is 3.56. The van der Waals surface area contributed by atoms with Crippen LogP contribution in [0.2, 0.25) is 0 Å². The molecule has 2 aromatic heterocycles. The molecule has 2 heterocycles. The van der Waals surface area contributed by atoms with Crippen LogP contribution in [-0.2, 0) is 0 Å². The molecule has 0 amide bonds. The molecule has 3 heteroatoms. The second-order valence-electron chi connectivity index (χ2n) is 5.04. The van der Waals surface area contributed by atoms with Gasteiger partial charge in [0.25, 0.3) is 0 Å². The van der Waals surface area contributed by atoms with Gasteiger partial charge in [-0.2, -0.15) is 0 Å². The lowest BCUT2D eigenvalue weighted by Crippen LogP contribution is -1.90. The van der Waals surface area contributed by atoms with Crippen LogP contribution in [0.4, 0.5) is 0 Å². The van der Waals surface area contributed by atoms with E-state index in [1.807, 2.05) is 60.7 Å². The molecule has 2 aromatic carbocycles. The van der Waals surface area contributed by atoms with Crippen molar-refractivity contribution in [3.05, 3.63) is 90.1 Å². The smallest absolute Gasteiger partial charge is 0.139 e. The fourth-order valence-electron chi connectivity index (χ4n) is 2.50. The molecule has 0 saturated carbocycles. The first kappa shape index (κ1) is 12.7. The number of benzene rings is 2. The summed E-state index contributed by atoms with van der Waals surface area (Å²) in [5.74, 6) is 1.64. The number of H-pyrrole nitrogens is 1. The van der Waals surface area contributed by atoms with Crippen LogP contribution in [0.15, 0.2) is 77.4 Å². The molecule has 0 aliphatic carbocycles. The summed E-state index contributed by atoms with van der Waals surface area (Å²) in [6.45, 7) is 0. The topological polar surface area (TPSA) is 41.8 Å². The summed E-state index contributed by atoms with van der Waals surface area (Å²) in [4.78, 5) is 8.09. The van der Waals surface area contributed by atoms with Crippen molar-refractivity contribution in [2.45, 2.75) is 0 Å². The Morgan fingerprint density at radius 2 is 1.73 bits per heavy atom. The number of hydrogen-bond donors (Lipinski definition) is 1. The predicted octanol–water partition coefficient (Wildman–Crippen LogP) is 4.74. The number of nitrogens with one attached hydrogen (secondary N) is 1. The zero-order chi connectivity index (χ0) is 14.8. The van der Waals surface area contributed by atoms with Gasteiger partial charge in [0.05, 0.1) is 17.3 Å². The first-order chi connectivity index (χ1) is 10.9. The van der Waals surface area contributed by atoms with Crippen LogP contribution in [0.25, 0.3) is 22.7 Å². The second-order valence-corrected chi connectivity index (χ2v) is 5.04. The number of imidazole rings is 1. The minimum atomic E-state index is 0.805. The summed E-state index contributed by atoms with van der Waals surface area (Å²) >= 11 is 0. The molecule has 106 valence electrons. The fourth-order valence-corrected chi connectivity index (χ4v) is 2.50. The molecule has 4 rings (SSSR count). The summed E-state index contributed by atoms with van der Waals surface area (Å²) in [5.41, 5.74) is 4.09. The van der Waals surface area contributed by atoms with E-state index in [4.69, 9.17) is 9.40 Å². The first-order valence-corrected chi connectivity index (χ1v) is 7.16. The van der Waals surface area contributed by atoms with Gasteiger partial charge in [0.2, 0.25) is 0 Å². The number of furan rings is 1. The molecule has 0 fully saturated rings. The molecule has 0 unspecified atom stereocenters. The van der Waals surface area contributed by atoms with E-state index in [0.717, 1.165) is 33.8 Å². The van der Waals surface area contributed by atoms with Gasteiger partial charge in [-0.05, 0) is 35.9 Å². The van der Waals surface area contributed by atoms with Crippen molar-refractivity contribution < 1.29 is 4.42 Å². The van der Waals surface area contributed by atoms with E-state index in [2.05, 4.69) is 17.1 Å². The molecule has 22 heavy (non-hydrogen) atoms. The Kier molecular flexibility index (Phi) is 3.09. The lowest BCUT2D eigenvalue weighted by Gasteiger charge is -2.04. The molecular weight excluding hydrogens is 272 g/mol. The van der Waals surface area contributed by atoms with E-state index in [9.17, 15) is 0 Å². The normalized spacial score (nSPS) is 11.9. The van der Waals surface area contributed by atoms with E-state index >= 15 is 0 Å². The summed E-state index contributed by atoms with van der Waals surface area (Å²) in [6, 6.07) is 22.0. The van der Waals surface area contributed by atoms with Crippen LogP contribution in [0.5, 0.6) is 0 Å². The third-order valence-corrected chi connectivity index (χ3v) is 3.56. The monoisotopic (exact) mass is 286 g/mol. The lowest BCUT2D eigenvalue weighted by atomic mass is 10.0. The highest BCUT2D eigenvalue weighted by Crippen LogP contribution is 2.26. The molecule has 0 atom stereocenters. The van der Waals surface area contributed by atoms with Crippen LogP contribution >= 0.6 is 0 Å². The van der Waals surface area contributed by atoms with Gasteiger partial charge >= 0.3 is 0 Å². The lowest BCUT2D eigenvalue weighted by molar-refractivity contribution is 0.557. The standard InChI is InChI=1S/C19H14N2O/c1-2-7-14(8-3-1)16(13-15-9-6-12-22-15)19-20-17-10-4-5-11-18(17)21-19/h1-13H,(H,20,21)/b16-13-.